The van der Waals surface area contributed by atoms with Gasteiger partial charge in [-0.25, -0.2) is 0 Å². The van der Waals surface area contributed by atoms with Crippen LogP contribution in [0.3, 0.4) is 0 Å². The summed E-state index contributed by atoms with van der Waals surface area (Å²) >= 11 is 0. The van der Waals surface area contributed by atoms with Gasteiger partial charge in [0.05, 0.1) is 7.11 Å². The van der Waals surface area contributed by atoms with Crippen molar-refractivity contribution < 1.29 is 17.7 Å². The molecule has 0 unspecified atom stereocenters. The molecule has 1 aromatic rings. The van der Waals surface area contributed by atoms with Gasteiger partial charge in [-0.15, -0.1) is 0 Å². The van der Waals surface area contributed by atoms with Gasteiger partial charge in [0, 0.05) is 0 Å². The van der Waals surface area contributed by atoms with E-state index >= 15 is 0 Å². The summed E-state index contributed by atoms with van der Waals surface area (Å²) in [5.41, 5.74) is 0.502. The summed E-state index contributed by atoms with van der Waals surface area (Å²) in [7, 11) is -2.47. The molecule has 0 radical (unpaired) electrons. The molecule has 1 aromatic carbocycles. The molecule has 0 aliphatic carbocycles. The molecular weight excluding hydrogens is 215 g/mol. The first-order valence-electron chi connectivity index (χ1n) is 3.59. The Hall–Kier alpha value is -0.0700. The predicted octanol–water partition coefficient (Wildman–Crippen LogP) is 0.434. The molecule has 0 aliphatic heterocycles. The first-order chi connectivity index (χ1) is 6.01. The van der Waals surface area contributed by atoms with Crippen LogP contribution in [0.15, 0.2) is 24.3 Å². The Morgan fingerprint density at radius 2 is 2.07 bits per heavy atom. The summed E-state index contributed by atoms with van der Waals surface area (Å²) < 4.78 is 34.5. The minimum atomic E-state index is -3.96. The Kier molecular flexibility index (Phi) is 5.70. The van der Waals surface area contributed by atoms with Gasteiger partial charge in [-0.1, -0.05) is 12.1 Å². The number of hydrogen-bond acceptors (Lipinski definition) is 3. The van der Waals surface area contributed by atoms with Gasteiger partial charge in [-0.2, -0.15) is 8.42 Å². The van der Waals surface area contributed by atoms with Gasteiger partial charge in [0.1, 0.15) is 11.5 Å². The molecule has 1 N–H and O–H groups in total. The molecule has 0 spiro atoms. The topological polar surface area (TPSA) is 63.6 Å². The maximum atomic E-state index is 10.5. The van der Waals surface area contributed by atoms with Crippen molar-refractivity contribution in [2.75, 3.05) is 7.11 Å². The molecule has 0 saturated carbocycles. The fourth-order valence-corrected chi connectivity index (χ4v) is 1.57. The number of benzene rings is 1. The van der Waals surface area contributed by atoms with Crippen molar-refractivity contribution in [3.63, 3.8) is 0 Å². The summed E-state index contributed by atoms with van der Waals surface area (Å²) in [5, 5.41) is 0. The molecule has 0 aliphatic rings. The van der Waals surface area contributed by atoms with Gasteiger partial charge in [-0.05, 0) is 17.7 Å². The number of ether oxygens (including phenoxy) is 1. The van der Waals surface area contributed by atoms with E-state index in [9.17, 15) is 8.42 Å². The Balaban J connectivity index is 0.00000169. The van der Waals surface area contributed by atoms with Crippen LogP contribution in [0, 0.1) is 0 Å². The third-order valence-electron chi connectivity index (χ3n) is 1.48. The molecule has 1 rings (SSSR count). The molecule has 0 bridgehead atoms. The van der Waals surface area contributed by atoms with Crippen LogP contribution in [-0.2, 0) is 15.9 Å². The molecule has 0 aromatic heterocycles. The van der Waals surface area contributed by atoms with Crippen molar-refractivity contribution in [1.82, 2.24) is 0 Å². The predicted molar refractivity (Wildman–Crippen MR) is 55.4 cm³/mol. The van der Waals surface area contributed by atoms with Gasteiger partial charge >= 0.3 is 29.6 Å². The average Bonchev–Trinajstić information content (AvgIpc) is 2.01. The summed E-state index contributed by atoms with van der Waals surface area (Å²) in [5.74, 6) is 0.186. The minimum absolute atomic E-state index is 0. The van der Waals surface area contributed by atoms with Crippen molar-refractivity contribution in [1.29, 1.82) is 0 Å². The zero-order chi connectivity index (χ0) is 9.90. The monoisotopic (exact) mass is 226 g/mol. The van der Waals surface area contributed by atoms with Crippen LogP contribution in [0.1, 0.15) is 5.56 Å². The summed E-state index contributed by atoms with van der Waals surface area (Å²) in [6.07, 6.45) is 0. The van der Waals surface area contributed by atoms with Crippen molar-refractivity contribution in [2.24, 2.45) is 0 Å². The Morgan fingerprint density at radius 1 is 1.43 bits per heavy atom. The second kappa shape index (κ2) is 5.72. The van der Waals surface area contributed by atoms with Gasteiger partial charge in [0.2, 0.25) is 0 Å². The van der Waals surface area contributed by atoms with Crippen molar-refractivity contribution in [3.05, 3.63) is 29.8 Å². The summed E-state index contributed by atoms with van der Waals surface area (Å²) in [4.78, 5) is 0. The van der Waals surface area contributed by atoms with Crippen LogP contribution in [0.2, 0.25) is 0 Å². The van der Waals surface area contributed by atoms with Crippen molar-refractivity contribution >= 4 is 39.7 Å². The second-order valence-electron chi connectivity index (χ2n) is 2.58. The first kappa shape index (κ1) is 13.9. The van der Waals surface area contributed by atoms with Crippen LogP contribution in [0.4, 0.5) is 0 Å². The summed E-state index contributed by atoms with van der Waals surface area (Å²) in [6, 6.07) is 6.54. The van der Waals surface area contributed by atoms with Gasteiger partial charge in [-0.3, -0.25) is 4.55 Å². The van der Waals surface area contributed by atoms with E-state index < -0.39 is 10.1 Å². The zero-order valence-electron chi connectivity index (χ0n) is 7.10. The number of hydrogen-bond donors (Lipinski definition) is 1. The second-order valence-corrected chi connectivity index (χ2v) is 4.03. The standard InChI is InChI=1S/C8H10O4S.Na.H/c1-12-8-4-2-3-7(5-8)6-13(9,10)11;;/h2-5H,6H2,1H3,(H,9,10,11);;. The molecule has 0 amide bonds. The fraction of sp³-hybridized carbons (Fsp3) is 0.250. The molecule has 0 heterocycles. The zero-order valence-corrected chi connectivity index (χ0v) is 7.91. The summed E-state index contributed by atoms with van der Waals surface area (Å²) in [6.45, 7) is 0. The number of methoxy groups -OCH3 is 1. The van der Waals surface area contributed by atoms with E-state index in [4.69, 9.17) is 9.29 Å². The molecule has 4 nitrogen and oxygen atoms in total. The third-order valence-corrected chi connectivity index (χ3v) is 2.18. The third kappa shape index (κ3) is 4.97. The molecule has 0 saturated heterocycles. The van der Waals surface area contributed by atoms with Crippen molar-refractivity contribution in [2.45, 2.75) is 5.75 Å². The quantitative estimate of drug-likeness (QED) is 0.600. The Bertz CT molecular complexity index is 388. The molecule has 14 heavy (non-hydrogen) atoms. The molecule has 74 valence electrons. The van der Waals surface area contributed by atoms with Crippen LogP contribution < -0.4 is 4.74 Å². The molecule has 0 fully saturated rings. The van der Waals surface area contributed by atoms with Crippen molar-refractivity contribution in [3.8, 4) is 5.75 Å². The van der Waals surface area contributed by atoms with E-state index in [2.05, 4.69) is 0 Å². The SMILES string of the molecule is COc1cccc(CS(=O)(=O)O)c1.[NaH]. The molecule has 0 atom stereocenters. The fourth-order valence-electron chi connectivity index (χ4n) is 0.973. The first-order valence-corrected chi connectivity index (χ1v) is 5.20. The van der Waals surface area contributed by atoms with Crippen LogP contribution >= 0.6 is 0 Å². The van der Waals surface area contributed by atoms with Crippen LogP contribution in [0.25, 0.3) is 0 Å². The van der Waals surface area contributed by atoms with E-state index in [1.54, 1.807) is 24.3 Å². The molecular formula is C8H11NaO4S. The normalized spacial score (nSPS) is 10.4. The van der Waals surface area contributed by atoms with Gasteiger partial charge in [0.25, 0.3) is 10.1 Å². The molecule has 6 heteroatoms. The van der Waals surface area contributed by atoms with E-state index in [1.807, 2.05) is 0 Å². The van der Waals surface area contributed by atoms with Crippen LogP contribution in [-0.4, -0.2) is 49.6 Å². The van der Waals surface area contributed by atoms with E-state index in [0.717, 1.165) is 0 Å². The van der Waals surface area contributed by atoms with Gasteiger partial charge in [0.15, 0.2) is 0 Å². The van der Waals surface area contributed by atoms with E-state index in [1.165, 1.54) is 7.11 Å². The maximum absolute atomic E-state index is 10.5. The van der Waals surface area contributed by atoms with E-state index in [0.29, 0.717) is 11.3 Å². The average molecular weight is 226 g/mol. The van der Waals surface area contributed by atoms with E-state index in [-0.39, 0.29) is 35.3 Å². The Labute approximate surface area is 105 Å². The van der Waals surface area contributed by atoms with Gasteiger partial charge < -0.3 is 4.74 Å². The van der Waals surface area contributed by atoms with Crippen LogP contribution in [0.5, 0.6) is 5.75 Å². The number of rotatable bonds is 3. The Morgan fingerprint density at radius 3 is 2.57 bits per heavy atom.